The van der Waals surface area contributed by atoms with Crippen molar-refractivity contribution in [3.05, 3.63) is 53.6 Å². The Labute approximate surface area is 142 Å². The number of fused-ring (bicyclic) bond motifs is 1. The second-order valence-electron chi connectivity index (χ2n) is 6.05. The molecule has 3 rings (SSSR count). The zero-order valence-corrected chi connectivity index (χ0v) is 14.8. The van der Waals surface area contributed by atoms with Crippen LogP contribution in [0, 0.1) is 13.8 Å². The van der Waals surface area contributed by atoms with E-state index in [2.05, 4.69) is 0 Å². The summed E-state index contributed by atoms with van der Waals surface area (Å²) in [7, 11) is -2.00. The molecular formula is C18H21NO4S. The quantitative estimate of drug-likeness (QED) is 0.853. The number of hydrogen-bond acceptors (Lipinski definition) is 4. The third kappa shape index (κ3) is 3.25. The largest absolute Gasteiger partial charge is 0.486 e. The van der Waals surface area contributed by atoms with E-state index in [4.69, 9.17) is 9.47 Å². The van der Waals surface area contributed by atoms with Crippen molar-refractivity contribution < 1.29 is 17.9 Å². The summed E-state index contributed by atoms with van der Waals surface area (Å²) in [6.45, 7) is 4.30. The predicted octanol–water partition coefficient (Wildman–Crippen LogP) is 2.76. The second-order valence-corrected chi connectivity index (χ2v) is 8.07. The van der Waals surface area contributed by atoms with E-state index in [-0.39, 0.29) is 12.6 Å². The van der Waals surface area contributed by atoms with Crippen molar-refractivity contribution in [1.82, 2.24) is 4.31 Å². The molecule has 6 heteroatoms. The highest BCUT2D eigenvalue weighted by molar-refractivity contribution is 7.89. The van der Waals surface area contributed by atoms with Crippen molar-refractivity contribution in [1.29, 1.82) is 0 Å². The minimum atomic E-state index is -3.57. The Balaban J connectivity index is 1.76. The number of benzene rings is 2. The van der Waals surface area contributed by atoms with E-state index in [9.17, 15) is 8.42 Å². The average molecular weight is 347 g/mol. The number of nitrogens with zero attached hydrogens (tertiary/aromatic N) is 1. The Kier molecular flexibility index (Phi) is 4.51. The van der Waals surface area contributed by atoms with Crippen molar-refractivity contribution in [3.8, 4) is 11.5 Å². The minimum absolute atomic E-state index is 0.226. The van der Waals surface area contributed by atoms with Crippen LogP contribution in [-0.2, 0) is 10.0 Å². The first-order valence-corrected chi connectivity index (χ1v) is 9.24. The fourth-order valence-corrected chi connectivity index (χ4v) is 4.20. The molecule has 0 saturated carbocycles. The Morgan fingerprint density at radius 1 is 1.12 bits per heavy atom. The van der Waals surface area contributed by atoms with Crippen LogP contribution in [-0.4, -0.2) is 39.0 Å². The van der Waals surface area contributed by atoms with E-state index < -0.39 is 10.0 Å². The first kappa shape index (κ1) is 16.8. The summed E-state index contributed by atoms with van der Waals surface area (Å²) in [5, 5.41) is 0. The fraction of sp³-hybridized carbons (Fsp3) is 0.333. The van der Waals surface area contributed by atoms with Gasteiger partial charge in [-0.2, -0.15) is 4.31 Å². The van der Waals surface area contributed by atoms with Crippen molar-refractivity contribution in [3.63, 3.8) is 0 Å². The van der Waals surface area contributed by atoms with Crippen molar-refractivity contribution in [2.75, 3.05) is 20.2 Å². The predicted molar refractivity (Wildman–Crippen MR) is 92.1 cm³/mol. The Morgan fingerprint density at radius 3 is 2.54 bits per heavy atom. The first-order valence-electron chi connectivity index (χ1n) is 7.80. The van der Waals surface area contributed by atoms with Crippen LogP contribution in [0.5, 0.6) is 11.5 Å². The van der Waals surface area contributed by atoms with Gasteiger partial charge in [0.15, 0.2) is 11.5 Å². The van der Waals surface area contributed by atoms with E-state index >= 15 is 0 Å². The number of ether oxygens (including phenoxy) is 2. The van der Waals surface area contributed by atoms with Gasteiger partial charge >= 0.3 is 0 Å². The molecule has 0 fully saturated rings. The SMILES string of the molecule is Cc1ccc(S(=O)(=O)N(C)CC2COc3ccccc3O2)c(C)c1. The number of sulfonamides is 1. The number of para-hydroxylation sites is 2. The summed E-state index contributed by atoms with van der Waals surface area (Å²) in [4.78, 5) is 0.327. The molecule has 0 aliphatic carbocycles. The van der Waals surface area contributed by atoms with Crippen LogP contribution in [0.25, 0.3) is 0 Å². The molecule has 2 aromatic rings. The highest BCUT2D eigenvalue weighted by Crippen LogP contribution is 2.31. The summed E-state index contributed by atoms with van der Waals surface area (Å²) >= 11 is 0. The summed E-state index contributed by atoms with van der Waals surface area (Å²) in [5.74, 6) is 1.33. The van der Waals surface area contributed by atoms with Gasteiger partial charge in [0, 0.05) is 7.05 Å². The van der Waals surface area contributed by atoms with Crippen LogP contribution in [0.1, 0.15) is 11.1 Å². The van der Waals surface area contributed by atoms with Gasteiger partial charge in [-0.1, -0.05) is 29.8 Å². The second kappa shape index (κ2) is 6.45. The molecule has 1 unspecified atom stereocenters. The highest BCUT2D eigenvalue weighted by atomic mass is 32.2. The lowest BCUT2D eigenvalue weighted by molar-refractivity contribution is 0.0798. The molecule has 5 nitrogen and oxygen atoms in total. The van der Waals surface area contributed by atoms with Crippen LogP contribution in [0.4, 0.5) is 0 Å². The van der Waals surface area contributed by atoms with Gasteiger partial charge in [-0.3, -0.25) is 0 Å². The zero-order valence-electron chi connectivity index (χ0n) is 14.0. The van der Waals surface area contributed by atoms with Crippen LogP contribution < -0.4 is 9.47 Å². The van der Waals surface area contributed by atoms with Gasteiger partial charge in [-0.15, -0.1) is 0 Å². The molecule has 2 aromatic carbocycles. The van der Waals surface area contributed by atoms with Crippen LogP contribution in [0.3, 0.4) is 0 Å². The Bertz CT molecular complexity index is 848. The number of likely N-dealkylation sites (N-methyl/N-ethyl adjacent to an activating group) is 1. The summed E-state index contributed by atoms with van der Waals surface area (Å²) in [6.07, 6.45) is -0.342. The fourth-order valence-electron chi connectivity index (χ4n) is 2.79. The van der Waals surface area contributed by atoms with Gasteiger partial charge in [-0.05, 0) is 37.6 Å². The van der Waals surface area contributed by atoms with Gasteiger partial charge in [-0.25, -0.2) is 8.42 Å². The molecule has 1 heterocycles. The van der Waals surface area contributed by atoms with Crippen molar-refractivity contribution in [2.45, 2.75) is 24.8 Å². The number of aryl methyl sites for hydroxylation is 2. The van der Waals surface area contributed by atoms with Crippen molar-refractivity contribution >= 4 is 10.0 Å². The Hall–Kier alpha value is -2.05. The maximum Gasteiger partial charge on any atom is 0.243 e. The molecule has 0 amide bonds. The van der Waals surface area contributed by atoms with E-state index in [1.807, 2.05) is 50.2 Å². The molecule has 0 bridgehead atoms. The van der Waals surface area contributed by atoms with Crippen LogP contribution in [0.2, 0.25) is 0 Å². The van der Waals surface area contributed by atoms with E-state index in [1.165, 1.54) is 4.31 Å². The topological polar surface area (TPSA) is 55.8 Å². The van der Waals surface area contributed by atoms with Gasteiger partial charge in [0.2, 0.25) is 10.0 Å². The third-order valence-electron chi connectivity index (χ3n) is 4.05. The van der Waals surface area contributed by atoms with Gasteiger partial charge in [0.25, 0.3) is 0 Å². The Morgan fingerprint density at radius 2 is 1.83 bits per heavy atom. The summed E-state index contributed by atoms with van der Waals surface area (Å²) < 4.78 is 38.5. The molecule has 128 valence electrons. The highest BCUT2D eigenvalue weighted by Gasteiger charge is 2.28. The van der Waals surface area contributed by atoms with Gasteiger partial charge < -0.3 is 9.47 Å². The maximum absolute atomic E-state index is 12.8. The zero-order chi connectivity index (χ0) is 17.3. The molecule has 0 radical (unpaired) electrons. The molecule has 0 spiro atoms. The third-order valence-corrected chi connectivity index (χ3v) is 6.03. The normalized spacial score (nSPS) is 17.1. The standard InChI is InChI=1S/C18H21NO4S/c1-13-8-9-18(14(2)10-13)24(20,21)19(3)11-15-12-22-16-6-4-5-7-17(16)23-15/h4-10,15H,11-12H2,1-3H3. The maximum atomic E-state index is 12.8. The molecule has 1 atom stereocenters. The van der Waals surface area contributed by atoms with E-state index in [0.717, 1.165) is 11.1 Å². The molecular weight excluding hydrogens is 326 g/mol. The molecule has 0 N–H and O–H groups in total. The van der Waals surface area contributed by atoms with Crippen molar-refractivity contribution in [2.24, 2.45) is 0 Å². The smallest absolute Gasteiger partial charge is 0.243 e. The number of rotatable bonds is 4. The molecule has 1 aliphatic rings. The van der Waals surface area contributed by atoms with Gasteiger partial charge in [0.05, 0.1) is 11.4 Å². The molecule has 0 saturated heterocycles. The first-order chi connectivity index (χ1) is 11.4. The minimum Gasteiger partial charge on any atom is -0.486 e. The van der Waals surface area contributed by atoms with Crippen LogP contribution >= 0.6 is 0 Å². The lowest BCUT2D eigenvalue weighted by atomic mass is 10.2. The van der Waals surface area contributed by atoms with Crippen LogP contribution in [0.15, 0.2) is 47.4 Å². The average Bonchev–Trinajstić information content (AvgIpc) is 2.54. The lowest BCUT2D eigenvalue weighted by Crippen LogP contribution is -2.41. The molecule has 1 aliphatic heterocycles. The lowest BCUT2D eigenvalue weighted by Gasteiger charge is -2.29. The summed E-state index contributed by atoms with van der Waals surface area (Å²) in [5.41, 5.74) is 1.78. The van der Waals surface area contributed by atoms with E-state index in [0.29, 0.717) is 23.0 Å². The molecule has 0 aromatic heterocycles. The summed E-state index contributed by atoms with van der Waals surface area (Å²) in [6, 6.07) is 12.7. The van der Waals surface area contributed by atoms with E-state index in [1.54, 1.807) is 13.1 Å². The number of hydrogen-bond donors (Lipinski definition) is 0. The molecule has 24 heavy (non-hydrogen) atoms. The monoisotopic (exact) mass is 347 g/mol. The van der Waals surface area contributed by atoms with Gasteiger partial charge in [0.1, 0.15) is 12.7 Å².